The number of rotatable bonds is 2. The van der Waals surface area contributed by atoms with Gasteiger partial charge in [0.05, 0.1) is 0 Å². The lowest BCUT2D eigenvalue weighted by atomic mass is 10.3. The Morgan fingerprint density at radius 3 is 2.50 bits per heavy atom. The molecule has 0 aromatic carbocycles. The zero-order valence-electron chi connectivity index (χ0n) is 4.59. The van der Waals surface area contributed by atoms with Crippen molar-refractivity contribution >= 4 is 18.6 Å². The van der Waals surface area contributed by atoms with Gasteiger partial charge in [-0.2, -0.15) is 12.6 Å². The fourth-order valence-corrected chi connectivity index (χ4v) is 0.348. The summed E-state index contributed by atoms with van der Waals surface area (Å²) in [6.07, 6.45) is 1.15. The first-order chi connectivity index (χ1) is 3.66. The van der Waals surface area contributed by atoms with Crippen molar-refractivity contribution in [2.75, 3.05) is 5.75 Å². The van der Waals surface area contributed by atoms with E-state index in [0.717, 1.165) is 11.6 Å². The van der Waals surface area contributed by atoms with Crippen LogP contribution in [-0.2, 0) is 4.79 Å². The van der Waals surface area contributed by atoms with E-state index in [2.05, 4.69) is 12.6 Å². The number of carbonyl (C=O) groups is 1. The maximum atomic E-state index is 9.86. The second kappa shape index (κ2) is 3.55. The van der Waals surface area contributed by atoms with Crippen LogP contribution in [0.1, 0.15) is 6.92 Å². The van der Waals surface area contributed by atoms with Crippen molar-refractivity contribution in [3.05, 3.63) is 11.6 Å². The highest BCUT2D eigenvalue weighted by Crippen LogP contribution is 1.92. The molecule has 0 spiro atoms. The third-order valence-electron chi connectivity index (χ3n) is 0.619. The van der Waals surface area contributed by atoms with E-state index in [1.54, 1.807) is 6.92 Å². The van der Waals surface area contributed by atoms with E-state index in [-0.39, 0.29) is 0 Å². The fourth-order valence-electron chi connectivity index (χ4n) is 0.256. The molecule has 0 rings (SSSR count). The van der Waals surface area contributed by atoms with E-state index in [0.29, 0.717) is 5.75 Å². The van der Waals surface area contributed by atoms with Gasteiger partial charge >= 0.3 is 5.97 Å². The van der Waals surface area contributed by atoms with Gasteiger partial charge in [0.15, 0.2) is 0 Å². The van der Waals surface area contributed by atoms with Crippen LogP contribution in [0.3, 0.4) is 0 Å². The summed E-state index contributed by atoms with van der Waals surface area (Å²) in [5, 5.41) is 8.10. The minimum absolute atomic E-state index is 0.506. The van der Waals surface area contributed by atoms with Crippen LogP contribution in [-0.4, -0.2) is 16.8 Å². The second-order valence-corrected chi connectivity index (χ2v) is 1.80. The standard InChI is InChI=1S/C5H8O2S/c1-4(3-8)2-5(6)7/h2,8H,3H2,1H3,(H,6,7). The van der Waals surface area contributed by atoms with Gasteiger partial charge < -0.3 is 5.11 Å². The van der Waals surface area contributed by atoms with E-state index in [4.69, 9.17) is 5.11 Å². The molecule has 0 atom stereocenters. The Morgan fingerprint density at radius 1 is 1.88 bits per heavy atom. The Labute approximate surface area is 53.6 Å². The molecule has 0 amide bonds. The van der Waals surface area contributed by atoms with Crippen LogP contribution in [0.25, 0.3) is 0 Å². The van der Waals surface area contributed by atoms with Gasteiger partial charge in [0.2, 0.25) is 0 Å². The summed E-state index contributed by atoms with van der Waals surface area (Å²) in [5.41, 5.74) is 0.765. The summed E-state index contributed by atoms with van der Waals surface area (Å²) < 4.78 is 0. The smallest absolute Gasteiger partial charge is 0.328 e. The first kappa shape index (κ1) is 7.56. The Morgan fingerprint density at radius 2 is 2.38 bits per heavy atom. The van der Waals surface area contributed by atoms with Gasteiger partial charge in [-0.15, -0.1) is 0 Å². The summed E-state index contributed by atoms with van der Waals surface area (Å²) in [4.78, 5) is 9.86. The lowest BCUT2D eigenvalue weighted by Crippen LogP contribution is -1.89. The van der Waals surface area contributed by atoms with Gasteiger partial charge in [-0.3, -0.25) is 0 Å². The molecule has 0 bridgehead atoms. The molecule has 0 radical (unpaired) electrons. The molecule has 0 fully saturated rings. The molecule has 46 valence electrons. The number of aliphatic carboxylic acids is 1. The van der Waals surface area contributed by atoms with Crippen LogP contribution in [0, 0.1) is 0 Å². The number of hydrogen-bond acceptors (Lipinski definition) is 2. The van der Waals surface area contributed by atoms with Crippen molar-refractivity contribution in [1.29, 1.82) is 0 Å². The Balaban J connectivity index is 3.75. The van der Waals surface area contributed by atoms with E-state index in [1.807, 2.05) is 0 Å². The normalized spacial score (nSPS) is 11.5. The SMILES string of the molecule is CC(=CC(=O)O)CS. The van der Waals surface area contributed by atoms with Crippen LogP contribution in [0.2, 0.25) is 0 Å². The van der Waals surface area contributed by atoms with Crippen LogP contribution >= 0.6 is 12.6 Å². The number of thiol groups is 1. The quantitative estimate of drug-likeness (QED) is 0.433. The van der Waals surface area contributed by atoms with E-state index in [1.165, 1.54) is 0 Å². The van der Waals surface area contributed by atoms with Crippen molar-refractivity contribution in [3.63, 3.8) is 0 Å². The molecule has 0 aliphatic heterocycles. The van der Waals surface area contributed by atoms with Gasteiger partial charge in [0.1, 0.15) is 0 Å². The molecule has 1 N–H and O–H groups in total. The predicted octanol–water partition coefficient (Wildman–Crippen LogP) is 0.947. The third-order valence-corrected chi connectivity index (χ3v) is 1.12. The van der Waals surface area contributed by atoms with Crippen molar-refractivity contribution in [3.8, 4) is 0 Å². The maximum absolute atomic E-state index is 9.86. The average Bonchev–Trinajstić information content (AvgIpc) is 1.65. The average molecular weight is 132 g/mol. The minimum Gasteiger partial charge on any atom is -0.478 e. The molecule has 3 heteroatoms. The van der Waals surface area contributed by atoms with Crippen LogP contribution in [0.5, 0.6) is 0 Å². The molecule has 0 heterocycles. The number of carboxylic acids is 1. The summed E-state index contributed by atoms with van der Waals surface area (Å²) in [7, 11) is 0. The lowest BCUT2D eigenvalue weighted by Gasteiger charge is -1.87. The van der Waals surface area contributed by atoms with E-state index >= 15 is 0 Å². The molecular formula is C5H8O2S. The van der Waals surface area contributed by atoms with E-state index < -0.39 is 5.97 Å². The van der Waals surface area contributed by atoms with Gasteiger partial charge in [-0.25, -0.2) is 4.79 Å². The highest BCUT2D eigenvalue weighted by molar-refractivity contribution is 7.80. The Hall–Kier alpha value is -0.440. The van der Waals surface area contributed by atoms with Crippen LogP contribution in [0.15, 0.2) is 11.6 Å². The lowest BCUT2D eigenvalue weighted by molar-refractivity contribution is -0.131. The molecule has 0 aliphatic carbocycles. The van der Waals surface area contributed by atoms with Gasteiger partial charge in [-0.05, 0) is 6.92 Å². The molecule has 0 saturated carbocycles. The van der Waals surface area contributed by atoms with Crippen molar-refractivity contribution in [2.45, 2.75) is 6.92 Å². The molecule has 0 unspecified atom stereocenters. The Bertz CT molecular complexity index is 118. The number of hydrogen-bond donors (Lipinski definition) is 2. The fraction of sp³-hybridized carbons (Fsp3) is 0.400. The minimum atomic E-state index is -0.906. The van der Waals surface area contributed by atoms with E-state index in [9.17, 15) is 4.79 Å². The highest BCUT2D eigenvalue weighted by Gasteiger charge is 1.88. The largest absolute Gasteiger partial charge is 0.478 e. The highest BCUT2D eigenvalue weighted by atomic mass is 32.1. The maximum Gasteiger partial charge on any atom is 0.328 e. The molecule has 0 aromatic rings. The summed E-state index contributed by atoms with van der Waals surface area (Å²) in [5.74, 6) is -0.400. The second-order valence-electron chi connectivity index (χ2n) is 1.49. The summed E-state index contributed by atoms with van der Waals surface area (Å²) in [6.45, 7) is 1.72. The first-order valence-corrected chi connectivity index (χ1v) is 2.81. The molecule has 8 heavy (non-hydrogen) atoms. The van der Waals surface area contributed by atoms with Crippen LogP contribution in [0.4, 0.5) is 0 Å². The van der Waals surface area contributed by atoms with Crippen molar-refractivity contribution in [1.82, 2.24) is 0 Å². The molecule has 2 nitrogen and oxygen atoms in total. The third kappa shape index (κ3) is 3.74. The number of carboxylic acid groups (broad SMARTS) is 1. The molecule has 0 saturated heterocycles. The monoisotopic (exact) mass is 132 g/mol. The summed E-state index contributed by atoms with van der Waals surface area (Å²) in [6, 6.07) is 0. The zero-order chi connectivity index (χ0) is 6.57. The van der Waals surface area contributed by atoms with Crippen molar-refractivity contribution < 1.29 is 9.90 Å². The summed E-state index contributed by atoms with van der Waals surface area (Å²) >= 11 is 3.86. The Kier molecular flexibility index (Phi) is 3.35. The van der Waals surface area contributed by atoms with Crippen molar-refractivity contribution in [2.24, 2.45) is 0 Å². The molecule has 0 aliphatic rings. The van der Waals surface area contributed by atoms with Crippen LogP contribution < -0.4 is 0 Å². The first-order valence-electron chi connectivity index (χ1n) is 2.17. The van der Waals surface area contributed by atoms with Gasteiger partial charge in [0.25, 0.3) is 0 Å². The predicted molar refractivity (Wildman–Crippen MR) is 35.2 cm³/mol. The molecule has 0 aromatic heterocycles. The van der Waals surface area contributed by atoms with Gasteiger partial charge in [0, 0.05) is 11.8 Å². The zero-order valence-corrected chi connectivity index (χ0v) is 5.48. The van der Waals surface area contributed by atoms with Gasteiger partial charge in [-0.1, -0.05) is 5.57 Å². The topological polar surface area (TPSA) is 37.3 Å². The molecular weight excluding hydrogens is 124 g/mol.